The maximum absolute atomic E-state index is 9.25. The highest BCUT2D eigenvalue weighted by molar-refractivity contribution is 5.75. The lowest BCUT2D eigenvalue weighted by Crippen LogP contribution is -1.93. The molecule has 0 aliphatic carbocycles. The van der Waals surface area contributed by atoms with Gasteiger partial charge in [0.15, 0.2) is 0 Å². The van der Waals surface area contributed by atoms with E-state index < -0.39 is 0 Å². The van der Waals surface area contributed by atoms with E-state index >= 15 is 0 Å². The highest BCUT2D eigenvalue weighted by Crippen LogP contribution is 2.31. The van der Waals surface area contributed by atoms with Crippen LogP contribution in [-0.2, 0) is 6.61 Å². The Bertz CT molecular complexity index is 1060. The van der Waals surface area contributed by atoms with E-state index in [0.717, 1.165) is 33.5 Å². The van der Waals surface area contributed by atoms with Gasteiger partial charge in [0.1, 0.15) is 0 Å². The van der Waals surface area contributed by atoms with Crippen molar-refractivity contribution in [2.45, 2.75) is 13.5 Å². The van der Waals surface area contributed by atoms with Crippen LogP contribution in [0.1, 0.15) is 11.1 Å². The molecule has 0 aliphatic rings. The van der Waals surface area contributed by atoms with Crippen molar-refractivity contribution in [3.63, 3.8) is 0 Å². The summed E-state index contributed by atoms with van der Waals surface area (Å²) in [5.41, 5.74) is 5.91. The van der Waals surface area contributed by atoms with Gasteiger partial charge in [-0.05, 0) is 41.3 Å². The Labute approximate surface area is 157 Å². The fourth-order valence-electron chi connectivity index (χ4n) is 3.06. The van der Waals surface area contributed by atoms with Crippen LogP contribution < -0.4 is 5.32 Å². The van der Waals surface area contributed by atoms with Crippen LogP contribution in [0.25, 0.3) is 22.5 Å². The number of rotatable bonds is 5. The van der Waals surface area contributed by atoms with E-state index in [0.29, 0.717) is 11.8 Å². The number of nitrogens with one attached hydrogen (secondary N) is 1. The molecule has 27 heavy (non-hydrogen) atoms. The van der Waals surface area contributed by atoms with E-state index in [1.54, 1.807) is 0 Å². The molecule has 0 aliphatic heterocycles. The average molecular weight is 357 g/mol. The number of hydrogen-bond donors (Lipinski definition) is 2. The molecule has 0 saturated carbocycles. The van der Waals surface area contributed by atoms with Crippen LogP contribution in [-0.4, -0.2) is 15.2 Å². The molecule has 0 unspecified atom stereocenters. The van der Waals surface area contributed by atoms with Gasteiger partial charge in [-0.3, -0.25) is 0 Å². The second-order valence-electron chi connectivity index (χ2n) is 6.25. The first-order valence-electron chi connectivity index (χ1n) is 8.70. The molecule has 5 heteroatoms. The van der Waals surface area contributed by atoms with Gasteiger partial charge in [-0.25, -0.2) is 0 Å². The minimum atomic E-state index is -0.0178. The van der Waals surface area contributed by atoms with Crippen LogP contribution in [0.4, 0.5) is 11.7 Å². The van der Waals surface area contributed by atoms with E-state index in [2.05, 4.69) is 40.6 Å². The summed E-state index contributed by atoms with van der Waals surface area (Å²) in [7, 11) is 0. The van der Waals surface area contributed by atoms with Gasteiger partial charge in [-0.15, -0.1) is 0 Å². The Morgan fingerprint density at radius 2 is 1.70 bits per heavy atom. The highest BCUT2D eigenvalue weighted by atomic mass is 16.5. The second-order valence-corrected chi connectivity index (χ2v) is 6.25. The van der Waals surface area contributed by atoms with Crippen molar-refractivity contribution in [3.8, 4) is 22.5 Å². The Balaban J connectivity index is 1.64. The van der Waals surface area contributed by atoms with E-state index in [4.69, 9.17) is 4.52 Å². The van der Waals surface area contributed by atoms with Crippen molar-refractivity contribution in [3.05, 3.63) is 83.9 Å². The Hall–Kier alpha value is -3.44. The smallest absolute Gasteiger partial charge is 0.326 e. The summed E-state index contributed by atoms with van der Waals surface area (Å²) in [5.74, 6) is 0.533. The van der Waals surface area contributed by atoms with Crippen LogP contribution in [0.15, 0.2) is 77.3 Å². The predicted molar refractivity (Wildman–Crippen MR) is 106 cm³/mol. The fraction of sp³-hybridized carbons (Fsp3) is 0.0909. The van der Waals surface area contributed by atoms with Crippen molar-refractivity contribution in [2.24, 2.45) is 0 Å². The topological polar surface area (TPSA) is 71.2 Å². The minimum Gasteiger partial charge on any atom is -0.392 e. The first-order chi connectivity index (χ1) is 13.2. The minimum absolute atomic E-state index is 0.0178. The van der Waals surface area contributed by atoms with E-state index in [-0.39, 0.29) is 6.61 Å². The van der Waals surface area contributed by atoms with Gasteiger partial charge >= 0.3 is 6.01 Å². The molecule has 0 spiro atoms. The lowest BCUT2D eigenvalue weighted by Gasteiger charge is -2.09. The van der Waals surface area contributed by atoms with Crippen LogP contribution in [0.5, 0.6) is 0 Å². The third-order valence-corrected chi connectivity index (χ3v) is 4.45. The van der Waals surface area contributed by atoms with Crippen LogP contribution in [0.3, 0.4) is 0 Å². The van der Waals surface area contributed by atoms with Gasteiger partial charge in [0.2, 0.25) is 5.82 Å². The van der Waals surface area contributed by atoms with Gasteiger partial charge in [0.25, 0.3) is 0 Å². The normalized spacial score (nSPS) is 10.7. The summed E-state index contributed by atoms with van der Waals surface area (Å²) >= 11 is 0. The number of anilines is 2. The molecule has 0 radical (unpaired) electrons. The standard InChI is InChI=1S/C22H19N3O2/c1-15-19(17-8-3-2-4-9-17)11-6-12-20(15)21-24-22(27-25-21)23-18-10-5-7-16(13-18)14-26/h2-13,26H,14H2,1H3,(H,23,24,25). The number of hydrogen-bond acceptors (Lipinski definition) is 5. The zero-order chi connectivity index (χ0) is 18.6. The van der Waals surface area contributed by atoms with Crippen molar-refractivity contribution in [1.29, 1.82) is 0 Å². The lowest BCUT2D eigenvalue weighted by molar-refractivity contribution is 0.282. The number of aromatic nitrogens is 2. The molecule has 4 rings (SSSR count). The Morgan fingerprint density at radius 1 is 0.926 bits per heavy atom. The molecule has 3 aromatic carbocycles. The summed E-state index contributed by atoms with van der Waals surface area (Å²) in [4.78, 5) is 4.48. The summed E-state index contributed by atoms with van der Waals surface area (Å²) in [5, 5.41) is 16.5. The summed E-state index contributed by atoms with van der Waals surface area (Å²) in [6, 6.07) is 24.0. The molecule has 1 heterocycles. The first-order valence-corrected chi connectivity index (χ1v) is 8.70. The van der Waals surface area contributed by atoms with Crippen LogP contribution in [0, 0.1) is 6.92 Å². The molecule has 134 valence electrons. The summed E-state index contributed by atoms with van der Waals surface area (Å²) in [6.45, 7) is 2.04. The zero-order valence-corrected chi connectivity index (χ0v) is 14.9. The highest BCUT2D eigenvalue weighted by Gasteiger charge is 2.14. The summed E-state index contributed by atoms with van der Waals surface area (Å²) in [6.07, 6.45) is 0. The van der Waals surface area contributed by atoms with Gasteiger partial charge in [-0.2, -0.15) is 4.98 Å². The first kappa shape index (κ1) is 17.0. The number of benzene rings is 3. The quantitative estimate of drug-likeness (QED) is 0.529. The maximum atomic E-state index is 9.25. The Morgan fingerprint density at radius 3 is 2.52 bits per heavy atom. The Kier molecular flexibility index (Phi) is 4.68. The molecular formula is C22H19N3O2. The molecule has 0 bridgehead atoms. The molecule has 0 atom stereocenters. The molecule has 1 aromatic heterocycles. The van der Waals surface area contributed by atoms with E-state index in [9.17, 15) is 5.11 Å². The second kappa shape index (κ2) is 7.43. The van der Waals surface area contributed by atoms with Gasteiger partial charge in [-0.1, -0.05) is 65.8 Å². The molecule has 4 aromatic rings. The van der Waals surface area contributed by atoms with Crippen molar-refractivity contribution in [2.75, 3.05) is 5.32 Å². The average Bonchev–Trinajstić information content (AvgIpc) is 3.17. The number of aliphatic hydroxyl groups is 1. The van der Waals surface area contributed by atoms with Crippen LogP contribution in [0.2, 0.25) is 0 Å². The SMILES string of the molecule is Cc1c(-c2ccccc2)cccc1-c1noc(Nc2cccc(CO)c2)n1. The van der Waals surface area contributed by atoms with Crippen molar-refractivity contribution >= 4 is 11.7 Å². The van der Waals surface area contributed by atoms with Crippen molar-refractivity contribution < 1.29 is 9.63 Å². The van der Waals surface area contributed by atoms with E-state index in [1.807, 2.05) is 54.6 Å². The summed E-state index contributed by atoms with van der Waals surface area (Å²) < 4.78 is 5.36. The van der Waals surface area contributed by atoms with Crippen molar-refractivity contribution in [1.82, 2.24) is 10.1 Å². The monoisotopic (exact) mass is 357 g/mol. The molecule has 2 N–H and O–H groups in total. The van der Waals surface area contributed by atoms with Gasteiger partial charge in [0, 0.05) is 11.3 Å². The van der Waals surface area contributed by atoms with E-state index in [1.165, 1.54) is 0 Å². The van der Waals surface area contributed by atoms with Gasteiger partial charge in [0.05, 0.1) is 6.61 Å². The molecule has 0 fully saturated rings. The van der Waals surface area contributed by atoms with Crippen LogP contribution >= 0.6 is 0 Å². The zero-order valence-electron chi connectivity index (χ0n) is 14.9. The molecular weight excluding hydrogens is 338 g/mol. The third-order valence-electron chi connectivity index (χ3n) is 4.45. The lowest BCUT2D eigenvalue weighted by atomic mass is 9.96. The maximum Gasteiger partial charge on any atom is 0.326 e. The molecule has 5 nitrogen and oxygen atoms in total. The fourth-order valence-corrected chi connectivity index (χ4v) is 3.06. The van der Waals surface area contributed by atoms with Gasteiger partial charge < -0.3 is 14.9 Å². The molecule has 0 amide bonds. The predicted octanol–water partition coefficient (Wildman–Crippen LogP) is 4.95. The largest absolute Gasteiger partial charge is 0.392 e. The number of aliphatic hydroxyl groups excluding tert-OH is 1. The molecule has 0 saturated heterocycles. The third kappa shape index (κ3) is 3.59. The number of nitrogens with zero attached hydrogens (tertiary/aromatic N) is 2.